The summed E-state index contributed by atoms with van der Waals surface area (Å²) in [5.41, 5.74) is 2.72. The lowest BCUT2D eigenvalue weighted by Gasteiger charge is -2.16. The summed E-state index contributed by atoms with van der Waals surface area (Å²) in [6.07, 6.45) is 4.24. The number of rotatable bonds is 14. The fourth-order valence-corrected chi connectivity index (χ4v) is 3.03. The maximum absolute atomic E-state index is 12.7. The number of ether oxygens (including phenoxy) is 3. The third-order valence-electron chi connectivity index (χ3n) is 4.95. The van der Waals surface area contributed by atoms with Crippen LogP contribution in [0.5, 0.6) is 0 Å². The monoisotopic (exact) mass is 424 g/mol. The summed E-state index contributed by atoms with van der Waals surface area (Å²) in [5.74, 6) is -0.558. The van der Waals surface area contributed by atoms with E-state index in [1.54, 1.807) is 0 Å². The predicted molar refractivity (Wildman–Crippen MR) is 121 cm³/mol. The highest BCUT2D eigenvalue weighted by Gasteiger charge is 2.15. The molecule has 0 aromatic heterocycles. The van der Waals surface area contributed by atoms with Gasteiger partial charge in [-0.05, 0) is 42.9 Å². The molecule has 0 N–H and O–H groups in total. The van der Waals surface area contributed by atoms with Crippen molar-refractivity contribution in [3.05, 3.63) is 83.9 Å². The Balaban J connectivity index is 1.74. The number of carbonyl (C=O) groups is 2. The average molecular weight is 425 g/mol. The number of unbranched alkanes of at least 4 members (excludes halogenated alkanes) is 1. The molecule has 0 saturated carbocycles. The Morgan fingerprint density at radius 1 is 0.935 bits per heavy atom. The molecule has 0 amide bonds. The Morgan fingerprint density at radius 2 is 1.65 bits per heavy atom. The van der Waals surface area contributed by atoms with Crippen LogP contribution < -0.4 is 0 Å². The van der Waals surface area contributed by atoms with Crippen LogP contribution >= 0.6 is 0 Å². The van der Waals surface area contributed by atoms with Gasteiger partial charge in [0, 0.05) is 18.6 Å². The molecule has 2 aromatic carbocycles. The average Bonchev–Trinajstić information content (AvgIpc) is 2.81. The van der Waals surface area contributed by atoms with Crippen LogP contribution in [0.1, 0.15) is 47.7 Å². The molecule has 0 aliphatic rings. The molecule has 31 heavy (non-hydrogen) atoms. The zero-order chi connectivity index (χ0) is 22.3. The molecule has 0 saturated heterocycles. The number of benzene rings is 2. The van der Waals surface area contributed by atoms with Crippen molar-refractivity contribution < 1.29 is 23.8 Å². The van der Waals surface area contributed by atoms with E-state index in [1.165, 1.54) is 0 Å². The molecule has 0 aliphatic heterocycles. The Hall–Kier alpha value is -2.92. The minimum atomic E-state index is -0.404. The Morgan fingerprint density at radius 3 is 2.39 bits per heavy atom. The maximum atomic E-state index is 12.7. The van der Waals surface area contributed by atoms with E-state index in [2.05, 4.69) is 25.6 Å². The predicted octanol–water partition coefficient (Wildman–Crippen LogP) is 4.99. The van der Waals surface area contributed by atoms with Gasteiger partial charge in [0.05, 0.1) is 25.4 Å². The third-order valence-corrected chi connectivity index (χ3v) is 4.95. The normalized spacial score (nSPS) is 11.5. The summed E-state index contributed by atoms with van der Waals surface area (Å²) in [6, 6.07) is 17.7. The van der Waals surface area contributed by atoms with Gasteiger partial charge >= 0.3 is 11.9 Å². The van der Waals surface area contributed by atoms with Gasteiger partial charge in [-0.2, -0.15) is 0 Å². The van der Waals surface area contributed by atoms with Crippen LogP contribution in [0.2, 0.25) is 0 Å². The first-order chi connectivity index (χ1) is 15.1. The summed E-state index contributed by atoms with van der Waals surface area (Å²) in [5, 5.41) is 0. The standard InChI is InChI=1S/C26H32O5/c1-3-21(19-29-16-10-11-17-30-25(27)4-2)20-31-26(28)24-15-9-8-14-23(24)18-22-12-6-5-7-13-22/h4-9,12-15,21H,2-3,10-11,16-20H2,1H3. The van der Waals surface area contributed by atoms with Gasteiger partial charge in [-0.15, -0.1) is 0 Å². The van der Waals surface area contributed by atoms with Crippen molar-refractivity contribution in [2.75, 3.05) is 26.4 Å². The molecule has 0 heterocycles. The van der Waals surface area contributed by atoms with Crippen molar-refractivity contribution >= 4 is 11.9 Å². The first-order valence-electron chi connectivity index (χ1n) is 10.8. The van der Waals surface area contributed by atoms with Crippen LogP contribution in [0.25, 0.3) is 0 Å². The lowest BCUT2D eigenvalue weighted by Crippen LogP contribution is -2.19. The summed E-state index contributed by atoms with van der Waals surface area (Å²) in [6.45, 7) is 7.21. The van der Waals surface area contributed by atoms with Crippen LogP contribution in [-0.4, -0.2) is 38.4 Å². The van der Waals surface area contributed by atoms with Gasteiger partial charge in [0.1, 0.15) is 0 Å². The molecule has 1 atom stereocenters. The highest BCUT2D eigenvalue weighted by atomic mass is 16.5. The quantitative estimate of drug-likeness (QED) is 0.243. The molecule has 0 aliphatic carbocycles. The Bertz CT molecular complexity index is 816. The second-order valence-electron chi connectivity index (χ2n) is 7.35. The summed E-state index contributed by atoms with van der Waals surface area (Å²) in [7, 11) is 0. The smallest absolute Gasteiger partial charge is 0.338 e. The van der Waals surface area contributed by atoms with Crippen molar-refractivity contribution in [3.63, 3.8) is 0 Å². The fraction of sp³-hybridized carbons (Fsp3) is 0.385. The molecule has 0 bridgehead atoms. The fourth-order valence-electron chi connectivity index (χ4n) is 3.03. The zero-order valence-corrected chi connectivity index (χ0v) is 18.3. The number of hydrogen-bond acceptors (Lipinski definition) is 5. The maximum Gasteiger partial charge on any atom is 0.338 e. The first kappa shape index (κ1) is 24.4. The van der Waals surface area contributed by atoms with E-state index in [-0.39, 0.29) is 11.9 Å². The van der Waals surface area contributed by atoms with E-state index in [1.807, 2.05) is 42.5 Å². The molecule has 0 spiro atoms. The summed E-state index contributed by atoms with van der Waals surface area (Å²) < 4.78 is 16.2. The minimum absolute atomic E-state index is 0.142. The zero-order valence-electron chi connectivity index (χ0n) is 18.3. The Kier molecular flexibility index (Phi) is 11.1. The van der Waals surface area contributed by atoms with Gasteiger partial charge in [-0.25, -0.2) is 9.59 Å². The van der Waals surface area contributed by atoms with Crippen LogP contribution in [0.3, 0.4) is 0 Å². The molecule has 0 fully saturated rings. The van der Waals surface area contributed by atoms with E-state index in [0.29, 0.717) is 38.4 Å². The van der Waals surface area contributed by atoms with E-state index in [4.69, 9.17) is 14.2 Å². The van der Waals surface area contributed by atoms with Crippen molar-refractivity contribution in [1.29, 1.82) is 0 Å². The number of carbonyl (C=O) groups excluding carboxylic acids is 2. The summed E-state index contributed by atoms with van der Waals surface area (Å²) >= 11 is 0. The second-order valence-corrected chi connectivity index (χ2v) is 7.35. The highest BCUT2D eigenvalue weighted by Crippen LogP contribution is 2.16. The van der Waals surface area contributed by atoms with Gasteiger partial charge in [-0.1, -0.05) is 62.0 Å². The van der Waals surface area contributed by atoms with Gasteiger partial charge in [0.25, 0.3) is 0 Å². The van der Waals surface area contributed by atoms with Crippen molar-refractivity contribution in [3.8, 4) is 0 Å². The van der Waals surface area contributed by atoms with Gasteiger partial charge in [0.2, 0.25) is 0 Å². The highest BCUT2D eigenvalue weighted by molar-refractivity contribution is 5.91. The first-order valence-corrected chi connectivity index (χ1v) is 10.8. The molecular formula is C26H32O5. The number of hydrogen-bond donors (Lipinski definition) is 0. The summed E-state index contributed by atoms with van der Waals surface area (Å²) in [4.78, 5) is 23.7. The van der Waals surface area contributed by atoms with Gasteiger partial charge < -0.3 is 14.2 Å². The van der Waals surface area contributed by atoms with Crippen molar-refractivity contribution in [1.82, 2.24) is 0 Å². The van der Waals surface area contributed by atoms with E-state index >= 15 is 0 Å². The molecule has 166 valence electrons. The molecule has 2 aromatic rings. The Labute approximate surface area is 185 Å². The molecule has 5 heteroatoms. The van der Waals surface area contributed by atoms with Crippen molar-refractivity contribution in [2.24, 2.45) is 5.92 Å². The molecule has 1 unspecified atom stereocenters. The molecule has 0 radical (unpaired) electrons. The van der Waals surface area contributed by atoms with E-state index in [0.717, 1.165) is 36.5 Å². The van der Waals surface area contributed by atoms with Crippen LogP contribution in [0.15, 0.2) is 67.3 Å². The van der Waals surface area contributed by atoms with Crippen LogP contribution in [-0.2, 0) is 25.4 Å². The topological polar surface area (TPSA) is 61.8 Å². The SMILES string of the molecule is C=CC(=O)OCCCCOCC(CC)COC(=O)c1ccccc1Cc1ccccc1. The van der Waals surface area contributed by atoms with Crippen LogP contribution in [0, 0.1) is 5.92 Å². The lowest BCUT2D eigenvalue weighted by molar-refractivity contribution is -0.137. The largest absolute Gasteiger partial charge is 0.463 e. The van der Waals surface area contributed by atoms with E-state index < -0.39 is 5.97 Å². The number of esters is 2. The minimum Gasteiger partial charge on any atom is -0.463 e. The van der Waals surface area contributed by atoms with Crippen LogP contribution in [0.4, 0.5) is 0 Å². The molecular weight excluding hydrogens is 392 g/mol. The van der Waals surface area contributed by atoms with Gasteiger partial charge in [0.15, 0.2) is 0 Å². The molecule has 2 rings (SSSR count). The van der Waals surface area contributed by atoms with E-state index in [9.17, 15) is 9.59 Å². The third kappa shape index (κ3) is 9.18. The van der Waals surface area contributed by atoms with Gasteiger partial charge in [-0.3, -0.25) is 0 Å². The molecule has 5 nitrogen and oxygen atoms in total. The van der Waals surface area contributed by atoms with Crippen molar-refractivity contribution in [2.45, 2.75) is 32.6 Å². The second kappa shape index (κ2) is 14.1. The lowest BCUT2D eigenvalue weighted by atomic mass is 10.00.